The Hall–Kier alpha value is -2.57. The highest BCUT2D eigenvalue weighted by Gasteiger charge is 2.56. The number of piperidine rings is 1. The summed E-state index contributed by atoms with van der Waals surface area (Å²) in [6.07, 6.45) is 4.27. The van der Waals surface area contributed by atoms with Crippen LogP contribution in [-0.2, 0) is 9.59 Å². The number of anilines is 2. The van der Waals surface area contributed by atoms with Gasteiger partial charge in [0.1, 0.15) is 12.1 Å². The van der Waals surface area contributed by atoms with Crippen LogP contribution in [0.5, 0.6) is 0 Å². The Morgan fingerprint density at radius 3 is 2.39 bits per heavy atom. The summed E-state index contributed by atoms with van der Waals surface area (Å²) in [4.78, 5) is 40.5. The summed E-state index contributed by atoms with van der Waals surface area (Å²) in [6, 6.07) is 7.26. The van der Waals surface area contributed by atoms with Gasteiger partial charge in [-0.1, -0.05) is 6.92 Å². The SMILES string of the molecule is CC1CCN(c2ccc(NC(=O)CN3C(=O)N[C@@](C)(C4CC4)C3=O)cc2)CC1. The topological polar surface area (TPSA) is 81.8 Å². The fourth-order valence-electron chi connectivity index (χ4n) is 4.16. The van der Waals surface area contributed by atoms with Crippen LogP contribution in [0.2, 0.25) is 0 Å². The molecule has 4 amide bonds. The Morgan fingerprint density at radius 1 is 1.14 bits per heavy atom. The van der Waals surface area contributed by atoms with Gasteiger partial charge in [0.05, 0.1) is 0 Å². The predicted octanol–water partition coefficient (Wildman–Crippen LogP) is 2.58. The van der Waals surface area contributed by atoms with Gasteiger partial charge in [0.15, 0.2) is 0 Å². The Morgan fingerprint density at radius 2 is 1.79 bits per heavy atom. The number of carbonyl (C=O) groups is 3. The number of nitrogens with zero attached hydrogens (tertiary/aromatic N) is 2. The van der Waals surface area contributed by atoms with Crippen molar-refractivity contribution in [3.63, 3.8) is 0 Å². The second kappa shape index (κ2) is 7.11. The first kappa shape index (κ1) is 18.8. The summed E-state index contributed by atoms with van der Waals surface area (Å²) in [5.41, 5.74) is 0.959. The van der Waals surface area contributed by atoms with Gasteiger partial charge in [-0.2, -0.15) is 0 Å². The molecule has 2 aliphatic heterocycles. The third-order valence-electron chi connectivity index (χ3n) is 6.30. The minimum Gasteiger partial charge on any atom is -0.372 e. The molecule has 0 unspecified atom stereocenters. The summed E-state index contributed by atoms with van der Waals surface area (Å²) >= 11 is 0. The van der Waals surface area contributed by atoms with Crippen molar-refractivity contribution in [2.24, 2.45) is 11.8 Å². The third kappa shape index (κ3) is 3.57. The fraction of sp³-hybridized carbons (Fsp3) is 0.571. The van der Waals surface area contributed by atoms with Gasteiger partial charge in [0, 0.05) is 24.5 Å². The first-order valence-corrected chi connectivity index (χ1v) is 10.2. The Labute approximate surface area is 165 Å². The van der Waals surface area contributed by atoms with Gasteiger partial charge < -0.3 is 15.5 Å². The van der Waals surface area contributed by atoms with Crippen LogP contribution in [0.25, 0.3) is 0 Å². The summed E-state index contributed by atoms with van der Waals surface area (Å²) in [7, 11) is 0. The van der Waals surface area contributed by atoms with Crippen LogP contribution >= 0.6 is 0 Å². The van der Waals surface area contributed by atoms with E-state index in [1.165, 1.54) is 12.8 Å². The number of carbonyl (C=O) groups excluding carboxylic acids is 3. The second-order valence-electron chi connectivity index (χ2n) is 8.56. The van der Waals surface area contributed by atoms with E-state index in [4.69, 9.17) is 0 Å². The van der Waals surface area contributed by atoms with E-state index in [1.54, 1.807) is 6.92 Å². The van der Waals surface area contributed by atoms with E-state index in [-0.39, 0.29) is 24.3 Å². The lowest BCUT2D eigenvalue weighted by molar-refractivity contribution is -0.134. The molecule has 0 spiro atoms. The van der Waals surface area contributed by atoms with Crippen molar-refractivity contribution in [1.82, 2.24) is 10.2 Å². The second-order valence-corrected chi connectivity index (χ2v) is 8.56. The smallest absolute Gasteiger partial charge is 0.325 e. The number of hydrogen-bond acceptors (Lipinski definition) is 4. The number of hydrogen-bond donors (Lipinski definition) is 2. The Balaban J connectivity index is 1.34. The molecule has 3 fully saturated rings. The molecular formula is C21H28N4O3. The van der Waals surface area contributed by atoms with Gasteiger partial charge in [0.25, 0.3) is 5.91 Å². The quantitative estimate of drug-likeness (QED) is 0.765. The highest BCUT2D eigenvalue weighted by Crippen LogP contribution is 2.42. The maximum atomic E-state index is 12.6. The van der Waals surface area contributed by atoms with E-state index in [0.717, 1.165) is 42.4 Å². The maximum absolute atomic E-state index is 12.6. The van der Waals surface area contributed by atoms with Crippen LogP contribution in [0.3, 0.4) is 0 Å². The van der Waals surface area contributed by atoms with Gasteiger partial charge in [-0.05, 0) is 68.7 Å². The molecule has 0 radical (unpaired) electrons. The number of benzene rings is 1. The molecule has 28 heavy (non-hydrogen) atoms. The van der Waals surface area contributed by atoms with Gasteiger partial charge in [-0.15, -0.1) is 0 Å². The zero-order valence-electron chi connectivity index (χ0n) is 16.5. The lowest BCUT2D eigenvalue weighted by Crippen LogP contribution is -2.46. The van der Waals surface area contributed by atoms with Crippen molar-refractivity contribution in [3.8, 4) is 0 Å². The average Bonchev–Trinajstić information content (AvgIpc) is 3.49. The van der Waals surface area contributed by atoms with Crippen LogP contribution in [0, 0.1) is 11.8 Å². The average molecular weight is 384 g/mol. The van der Waals surface area contributed by atoms with Gasteiger partial charge >= 0.3 is 6.03 Å². The minimum absolute atomic E-state index is 0.183. The lowest BCUT2D eigenvalue weighted by atomic mass is 9.96. The van der Waals surface area contributed by atoms with Crippen molar-refractivity contribution in [2.45, 2.75) is 45.1 Å². The number of rotatable bonds is 5. The van der Waals surface area contributed by atoms with Crippen molar-refractivity contribution in [2.75, 3.05) is 29.9 Å². The molecular weight excluding hydrogens is 356 g/mol. The zero-order chi connectivity index (χ0) is 19.9. The summed E-state index contributed by atoms with van der Waals surface area (Å²) in [6.45, 7) is 5.88. The molecule has 1 aromatic rings. The fourth-order valence-corrected chi connectivity index (χ4v) is 4.16. The maximum Gasteiger partial charge on any atom is 0.325 e. The van der Waals surface area contributed by atoms with Crippen molar-refractivity contribution < 1.29 is 14.4 Å². The van der Waals surface area contributed by atoms with Crippen molar-refractivity contribution in [3.05, 3.63) is 24.3 Å². The molecule has 2 heterocycles. The Bertz CT molecular complexity index is 781. The molecule has 3 aliphatic rings. The molecule has 0 aromatic heterocycles. The third-order valence-corrected chi connectivity index (χ3v) is 6.30. The molecule has 7 heteroatoms. The van der Waals surface area contributed by atoms with Crippen LogP contribution in [0.1, 0.15) is 39.5 Å². The molecule has 0 bridgehead atoms. The van der Waals surface area contributed by atoms with Gasteiger partial charge in [0.2, 0.25) is 5.91 Å². The summed E-state index contributed by atoms with van der Waals surface area (Å²) in [5, 5.41) is 5.55. The molecule has 1 atom stereocenters. The van der Waals surface area contributed by atoms with E-state index in [2.05, 4.69) is 22.5 Å². The molecule has 2 saturated heterocycles. The largest absolute Gasteiger partial charge is 0.372 e. The van der Waals surface area contributed by atoms with Crippen LogP contribution < -0.4 is 15.5 Å². The number of nitrogens with one attached hydrogen (secondary N) is 2. The molecule has 1 saturated carbocycles. The van der Waals surface area contributed by atoms with E-state index < -0.39 is 11.6 Å². The van der Waals surface area contributed by atoms with Crippen LogP contribution in [0.15, 0.2) is 24.3 Å². The summed E-state index contributed by atoms with van der Waals surface area (Å²) < 4.78 is 0. The molecule has 2 N–H and O–H groups in total. The molecule has 1 aliphatic carbocycles. The van der Waals surface area contributed by atoms with E-state index in [0.29, 0.717) is 5.69 Å². The normalized spacial score (nSPS) is 25.8. The number of urea groups is 1. The monoisotopic (exact) mass is 384 g/mol. The lowest BCUT2D eigenvalue weighted by Gasteiger charge is -2.32. The zero-order valence-corrected chi connectivity index (χ0v) is 16.5. The number of amides is 4. The first-order valence-electron chi connectivity index (χ1n) is 10.2. The molecule has 4 rings (SSSR count). The highest BCUT2D eigenvalue weighted by molar-refractivity contribution is 6.10. The van der Waals surface area contributed by atoms with E-state index in [1.807, 2.05) is 24.3 Å². The van der Waals surface area contributed by atoms with Crippen molar-refractivity contribution in [1.29, 1.82) is 0 Å². The summed E-state index contributed by atoms with van der Waals surface area (Å²) in [5.74, 6) is 0.289. The van der Waals surface area contributed by atoms with E-state index >= 15 is 0 Å². The molecule has 150 valence electrons. The predicted molar refractivity (Wildman–Crippen MR) is 107 cm³/mol. The first-order chi connectivity index (χ1) is 13.4. The van der Waals surface area contributed by atoms with Crippen LogP contribution in [0.4, 0.5) is 16.2 Å². The highest BCUT2D eigenvalue weighted by atomic mass is 16.2. The molecule has 7 nitrogen and oxygen atoms in total. The standard InChI is InChI=1S/C21H28N4O3/c1-14-9-11-24(12-10-14)17-7-5-16(6-8-17)22-18(26)13-25-19(27)21(2,15-3-4-15)23-20(25)28/h5-8,14-15H,3-4,9-13H2,1-2H3,(H,22,26)(H,23,28)/t21-/m0/s1. The Kier molecular flexibility index (Phi) is 4.77. The van der Waals surface area contributed by atoms with Crippen molar-refractivity contribution >= 4 is 29.2 Å². The van der Waals surface area contributed by atoms with Gasteiger partial charge in [-0.25, -0.2) is 4.79 Å². The molecule has 1 aromatic carbocycles. The number of imide groups is 1. The van der Waals surface area contributed by atoms with Crippen LogP contribution in [-0.4, -0.2) is 47.9 Å². The van der Waals surface area contributed by atoms with E-state index in [9.17, 15) is 14.4 Å². The minimum atomic E-state index is -0.856. The van der Waals surface area contributed by atoms with Gasteiger partial charge in [-0.3, -0.25) is 14.5 Å².